The van der Waals surface area contributed by atoms with Crippen molar-refractivity contribution in [2.45, 2.75) is 32.1 Å². The van der Waals surface area contributed by atoms with E-state index in [0.717, 1.165) is 22.0 Å². The number of fused-ring (bicyclic) bond motifs is 2. The summed E-state index contributed by atoms with van der Waals surface area (Å²) in [5.41, 5.74) is 0.887. The summed E-state index contributed by atoms with van der Waals surface area (Å²) in [4.78, 5) is 12.0. The Hall–Kier alpha value is -0.830. The average molecular weight is 308 g/mol. The van der Waals surface area contributed by atoms with Gasteiger partial charge in [0.05, 0.1) is 0 Å². The molecule has 0 saturated heterocycles. The molecule has 1 amide bonds. The third-order valence-corrected chi connectivity index (χ3v) is 4.93. The molecule has 2 aliphatic carbocycles. The minimum atomic E-state index is 0.172. The lowest BCUT2D eigenvalue weighted by Crippen LogP contribution is -2.20. The van der Waals surface area contributed by atoms with Gasteiger partial charge in [-0.2, -0.15) is 0 Å². The molecular weight excluding hydrogens is 290 g/mol. The van der Waals surface area contributed by atoms with E-state index in [2.05, 4.69) is 21.2 Å². The van der Waals surface area contributed by atoms with E-state index in [9.17, 15) is 4.79 Å². The molecule has 1 aromatic carbocycles. The van der Waals surface area contributed by atoms with Crippen molar-refractivity contribution in [2.24, 2.45) is 17.8 Å². The van der Waals surface area contributed by atoms with Gasteiger partial charge in [0.15, 0.2) is 0 Å². The largest absolute Gasteiger partial charge is 0.326 e. The number of amides is 1. The van der Waals surface area contributed by atoms with E-state index in [0.29, 0.717) is 12.3 Å². The van der Waals surface area contributed by atoms with Gasteiger partial charge >= 0.3 is 0 Å². The molecule has 2 saturated carbocycles. The smallest absolute Gasteiger partial charge is 0.224 e. The summed E-state index contributed by atoms with van der Waals surface area (Å²) in [5.74, 6) is 2.54. The average Bonchev–Trinajstić information content (AvgIpc) is 2.90. The van der Waals surface area contributed by atoms with E-state index in [1.807, 2.05) is 24.3 Å². The van der Waals surface area contributed by atoms with E-state index in [-0.39, 0.29) is 5.91 Å². The van der Waals surface area contributed by atoms with Gasteiger partial charge in [-0.05, 0) is 55.2 Å². The maximum atomic E-state index is 12.0. The predicted octanol–water partition coefficient (Wildman–Crippen LogP) is 4.21. The maximum absolute atomic E-state index is 12.0. The van der Waals surface area contributed by atoms with Crippen molar-refractivity contribution in [3.05, 3.63) is 28.7 Å². The van der Waals surface area contributed by atoms with Crippen molar-refractivity contribution < 1.29 is 4.79 Å². The Morgan fingerprint density at radius 3 is 2.89 bits per heavy atom. The molecule has 3 heteroatoms. The van der Waals surface area contributed by atoms with Crippen LogP contribution in [0.4, 0.5) is 5.69 Å². The van der Waals surface area contributed by atoms with Crippen molar-refractivity contribution in [1.29, 1.82) is 0 Å². The Labute approximate surface area is 116 Å². The lowest BCUT2D eigenvalue weighted by molar-refractivity contribution is -0.117. The second kappa shape index (κ2) is 5.04. The molecule has 0 spiro atoms. The second-order valence-corrected chi connectivity index (χ2v) is 6.61. The van der Waals surface area contributed by atoms with Crippen molar-refractivity contribution >= 4 is 27.5 Å². The van der Waals surface area contributed by atoms with Gasteiger partial charge < -0.3 is 5.32 Å². The van der Waals surface area contributed by atoms with Gasteiger partial charge in [0.1, 0.15) is 0 Å². The highest BCUT2D eigenvalue weighted by molar-refractivity contribution is 9.10. The van der Waals surface area contributed by atoms with Crippen LogP contribution in [-0.2, 0) is 4.79 Å². The monoisotopic (exact) mass is 307 g/mol. The fourth-order valence-electron chi connectivity index (χ4n) is 3.64. The predicted molar refractivity (Wildman–Crippen MR) is 76.3 cm³/mol. The second-order valence-electron chi connectivity index (χ2n) is 5.70. The van der Waals surface area contributed by atoms with Crippen LogP contribution in [0.1, 0.15) is 32.1 Å². The SMILES string of the molecule is O=C(C[C@@H]1C[C@H]2CC[C@@H]1C2)Nc1cccc(Br)c1. The fourth-order valence-corrected chi connectivity index (χ4v) is 4.04. The van der Waals surface area contributed by atoms with Crippen LogP contribution in [0.3, 0.4) is 0 Å². The Balaban J connectivity index is 1.56. The molecule has 2 nitrogen and oxygen atoms in total. The number of hydrogen-bond donors (Lipinski definition) is 1. The van der Waals surface area contributed by atoms with Gasteiger partial charge in [-0.3, -0.25) is 4.79 Å². The number of anilines is 1. The van der Waals surface area contributed by atoms with Crippen LogP contribution in [0.5, 0.6) is 0 Å². The van der Waals surface area contributed by atoms with Crippen LogP contribution in [-0.4, -0.2) is 5.91 Å². The Kier molecular flexibility index (Phi) is 3.42. The molecule has 0 unspecified atom stereocenters. The molecular formula is C15H18BrNO. The fraction of sp³-hybridized carbons (Fsp3) is 0.533. The van der Waals surface area contributed by atoms with Gasteiger partial charge in [0, 0.05) is 16.6 Å². The van der Waals surface area contributed by atoms with E-state index in [1.54, 1.807) is 0 Å². The van der Waals surface area contributed by atoms with Gasteiger partial charge in [0.25, 0.3) is 0 Å². The summed E-state index contributed by atoms with van der Waals surface area (Å²) in [5, 5.41) is 3.00. The zero-order chi connectivity index (χ0) is 12.5. The minimum absolute atomic E-state index is 0.172. The molecule has 18 heavy (non-hydrogen) atoms. The summed E-state index contributed by atoms with van der Waals surface area (Å²) in [6.45, 7) is 0. The summed E-state index contributed by atoms with van der Waals surface area (Å²) < 4.78 is 1.00. The molecule has 1 N–H and O–H groups in total. The van der Waals surface area contributed by atoms with Crippen molar-refractivity contribution in [3.63, 3.8) is 0 Å². The van der Waals surface area contributed by atoms with Crippen LogP contribution >= 0.6 is 15.9 Å². The summed E-state index contributed by atoms with van der Waals surface area (Å²) >= 11 is 3.42. The number of carbonyl (C=O) groups excluding carboxylic acids is 1. The van der Waals surface area contributed by atoms with Crippen LogP contribution in [0.25, 0.3) is 0 Å². The van der Waals surface area contributed by atoms with Gasteiger partial charge in [0.2, 0.25) is 5.91 Å². The number of rotatable bonds is 3. The summed E-state index contributed by atoms with van der Waals surface area (Å²) in [7, 11) is 0. The number of halogens is 1. The molecule has 3 atom stereocenters. The zero-order valence-electron chi connectivity index (χ0n) is 10.4. The maximum Gasteiger partial charge on any atom is 0.224 e. The van der Waals surface area contributed by atoms with Crippen molar-refractivity contribution in [3.8, 4) is 0 Å². The third kappa shape index (κ3) is 2.61. The first-order valence-electron chi connectivity index (χ1n) is 6.76. The molecule has 0 aliphatic heterocycles. The lowest BCUT2D eigenvalue weighted by Gasteiger charge is -2.20. The van der Waals surface area contributed by atoms with Crippen LogP contribution in [0, 0.1) is 17.8 Å². The van der Waals surface area contributed by atoms with Gasteiger partial charge in [-0.15, -0.1) is 0 Å². The molecule has 0 radical (unpaired) electrons. The first-order valence-corrected chi connectivity index (χ1v) is 7.55. The highest BCUT2D eigenvalue weighted by Crippen LogP contribution is 2.49. The third-order valence-electron chi connectivity index (χ3n) is 4.44. The van der Waals surface area contributed by atoms with Crippen molar-refractivity contribution in [2.75, 3.05) is 5.32 Å². The number of benzene rings is 1. The first kappa shape index (κ1) is 12.2. The van der Waals surface area contributed by atoms with E-state index in [4.69, 9.17) is 0 Å². The standard InChI is InChI=1S/C15H18BrNO/c16-13-2-1-3-14(9-13)17-15(18)8-12-7-10-4-5-11(12)6-10/h1-3,9-12H,4-8H2,(H,17,18)/t10-,11+,12-/m0/s1. The molecule has 0 heterocycles. The number of carbonyl (C=O) groups is 1. The van der Waals surface area contributed by atoms with E-state index < -0.39 is 0 Å². The Bertz CT molecular complexity index is 460. The molecule has 2 fully saturated rings. The highest BCUT2D eigenvalue weighted by atomic mass is 79.9. The van der Waals surface area contributed by atoms with Crippen LogP contribution in [0.2, 0.25) is 0 Å². The molecule has 96 valence electrons. The van der Waals surface area contributed by atoms with E-state index >= 15 is 0 Å². The number of hydrogen-bond acceptors (Lipinski definition) is 1. The Morgan fingerprint density at radius 2 is 2.22 bits per heavy atom. The minimum Gasteiger partial charge on any atom is -0.326 e. The molecule has 3 rings (SSSR count). The normalized spacial score (nSPS) is 29.5. The molecule has 2 aliphatic rings. The van der Waals surface area contributed by atoms with E-state index in [1.165, 1.54) is 25.7 Å². The molecule has 0 aromatic heterocycles. The van der Waals surface area contributed by atoms with Crippen molar-refractivity contribution in [1.82, 2.24) is 0 Å². The summed E-state index contributed by atoms with van der Waals surface area (Å²) in [6.07, 6.45) is 6.09. The zero-order valence-corrected chi connectivity index (χ0v) is 11.9. The molecule has 2 bridgehead atoms. The topological polar surface area (TPSA) is 29.1 Å². The molecule has 1 aromatic rings. The van der Waals surface area contributed by atoms with Gasteiger partial charge in [-0.25, -0.2) is 0 Å². The van der Waals surface area contributed by atoms with Crippen LogP contribution in [0.15, 0.2) is 28.7 Å². The number of nitrogens with one attached hydrogen (secondary N) is 1. The quantitative estimate of drug-likeness (QED) is 0.890. The Morgan fingerprint density at radius 1 is 1.33 bits per heavy atom. The highest BCUT2D eigenvalue weighted by Gasteiger charge is 2.40. The lowest BCUT2D eigenvalue weighted by atomic mass is 9.86. The summed E-state index contributed by atoms with van der Waals surface area (Å²) in [6, 6.07) is 7.78. The van der Waals surface area contributed by atoms with Crippen LogP contribution < -0.4 is 5.32 Å². The first-order chi connectivity index (χ1) is 8.70. The van der Waals surface area contributed by atoms with Gasteiger partial charge in [-0.1, -0.05) is 28.4 Å².